The van der Waals surface area contributed by atoms with Crippen LogP contribution in [-0.4, -0.2) is 27.1 Å². The minimum atomic E-state index is -0.690. The molecule has 3 aromatic rings. The Hall–Kier alpha value is -2.83. The monoisotopic (exact) mass is 456 g/mol. The van der Waals surface area contributed by atoms with Crippen molar-refractivity contribution in [2.24, 2.45) is 0 Å². The molecule has 1 aliphatic rings. The predicted octanol–water partition coefficient (Wildman–Crippen LogP) is 4.46. The average molecular weight is 457 g/mol. The van der Waals surface area contributed by atoms with E-state index in [1.54, 1.807) is 29.1 Å². The van der Waals surface area contributed by atoms with Gasteiger partial charge in [0.2, 0.25) is 0 Å². The summed E-state index contributed by atoms with van der Waals surface area (Å²) in [5, 5.41) is 10.9. The van der Waals surface area contributed by atoms with E-state index in [1.807, 2.05) is 36.5 Å². The molecule has 1 heterocycles. The number of amides is 2. The second kappa shape index (κ2) is 9.12. The van der Waals surface area contributed by atoms with E-state index in [1.165, 1.54) is 0 Å². The van der Waals surface area contributed by atoms with E-state index in [-0.39, 0.29) is 0 Å². The smallest absolute Gasteiger partial charge is 0.313 e. The number of rotatable bonds is 6. The number of benzene rings is 2. The number of hydrogen-bond acceptors (Lipinski definition) is 3. The summed E-state index contributed by atoms with van der Waals surface area (Å²) in [6, 6.07) is 14.5. The Morgan fingerprint density at radius 2 is 1.90 bits per heavy atom. The van der Waals surface area contributed by atoms with Crippen LogP contribution in [0.3, 0.4) is 0 Å². The first-order valence-corrected chi connectivity index (χ1v) is 10.8. The second-order valence-electron chi connectivity index (χ2n) is 7.86. The van der Waals surface area contributed by atoms with Crippen LogP contribution < -0.4 is 10.6 Å². The summed E-state index contributed by atoms with van der Waals surface area (Å²) >= 11 is 12.3. The lowest BCUT2D eigenvalue weighted by Gasteiger charge is -2.42. The van der Waals surface area contributed by atoms with E-state index in [2.05, 4.69) is 15.7 Å². The highest BCUT2D eigenvalue weighted by Crippen LogP contribution is 2.37. The largest absolute Gasteiger partial charge is 0.342 e. The predicted molar refractivity (Wildman–Crippen MR) is 121 cm³/mol. The van der Waals surface area contributed by atoms with E-state index in [0.29, 0.717) is 28.7 Å². The van der Waals surface area contributed by atoms with Crippen molar-refractivity contribution in [2.45, 2.75) is 37.8 Å². The molecule has 160 valence electrons. The second-order valence-corrected chi connectivity index (χ2v) is 8.70. The lowest BCUT2D eigenvalue weighted by Crippen LogP contribution is -2.57. The van der Waals surface area contributed by atoms with Crippen LogP contribution in [0, 0.1) is 0 Å². The lowest BCUT2D eigenvalue weighted by atomic mass is 9.72. The molecule has 8 heteroatoms. The van der Waals surface area contributed by atoms with Crippen molar-refractivity contribution in [3.63, 3.8) is 0 Å². The molecule has 0 aliphatic heterocycles. The Bertz CT molecular complexity index is 1090. The highest BCUT2D eigenvalue weighted by Gasteiger charge is 2.40. The van der Waals surface area contributed by atoms with Gasteiger partial charge < -0.3 is 10.6 Å². The van der Waals surface area contributed by atoms with Crippen molar-refractivity contribution in [3.05, 3.63) is 82.1 Å². The van der Waals surface area contributed by atoms with Gasteiger partial charge in [-0.2, -0.15) is 5.10 Å². The van der Waals surface area contributed by atoms with Crippen LogP contribution in [0.5, 0.6) is 0 Å². The van der Waals surface area contributed by atoms with Crippen LogP contribution in [0.1, 0.15) is 30.4 Å². The zero-order valence-corrected chi connectivity index (χ0v) is 18.3. The molecule has 0 radical (unpaired) electrons. The van der Waals surface area contributed by atoms with Crippen LogP contribution in [-0.2, 0) is 22.6 Å². The van der Waals surface area contributed by atoms with Gasteiger partial charge in [-0.25, -0.2) is 0 Å². The quantitative estimate of drug-likeness (QED) is 0.537. The van der Waals surface area contributed by atoms with Gasteiger partial charge in [-0.3, -0.25) is 14.3 Å². The summed E-state index contributed by atoms with van der Waals surface area (Å²) in [5.74, 6) is -1.34. The maximum absolute atomic E-state index is 12.6. The summed E-state index contributed by atoms with van der Waals surface area (Å²) in [6.07, 6.45) is 6.71. The van der Waals surface area contributed by atoms with Gasteiger partial charge in [-0.1, -0.05) is 41.4 Å². The highest BCUT2D eigenvalue weighted by molar-refractivity contribution is 6.39. The normalized spacial score (nSPS) is 14.5. The summed E-state index contributed by atoms with van der Waals surface area (Å²) in [6.45, 7) is 0.577. The fourth-order valence-corrected chi connectivity index (χ4v) is 4.27. The van der Waals surface area contributed by atoms with Crippen LogP contribution in [0.25, 0.3) is 0 Å². The molecule has 1 aromatic heterocycles. The fraction of sp³-hybridized carbons (Fsp3) is 0.261. The summed E-state index contributed by atoms with van der Waals surface area (Å²) in [4.78, 5) is 25.2. The molecular formula is C23H22Cl2N4O2. The van der Waals surface area contributed by atoms with Crippen LogP contribution in [0.15, 0.2) is 60.9 Å². The zero-order valence-electron chi connectivity index (χ0n) is 16.8. The fourth-order valence-electron chi connectivity index (χ4n) is 3.79. The number of carbonyl (C=O) groups excluding carboxylic acids is 2. The van der Waals surface area contributed by atoms with Crippen molar-refractivity contribution >= 4 is 40.7 Å². The van der Waals surface area contributed by atoms with E-state index in [9.17, 15) is 9.59 Å². The van der Waals surface area contributed by atoms with Gasteiger partial charge in [0.15, 0.2) is 0 Å². The van der Waals surface area contributed by atoms with E-state index < -0.39 is 17.4 Å². The first-order valence-electron chi connectivity index (χ1n) is 10.1. The van der Waals surface area contributed by atoms with Gasteiger partial charge in [-0.05, 0) is 67.1 Å². The van der Waals surface area contributed by atoms with Crippen molar-refractivity contribution in [2.75, 3.05) is 5.32 Å². The van der Waals surface area contributed by atoms with Gasteiger partial charge in [0.25, 0.3) is 0 Å². The summed E-state index contributed by atoms with van der Waals surface area (Å²) in [7, 11) is 0. The molecule has 0 spiro atoms. The Balaban J connectivity index is 1.39. The number of nitrogens with one attached hydrogen (secondary N) is 2. The molecule has 4 rings (SSSR count). The Morgan fingerprint density at radius 1 is 1.06 bits per heavy atom. The molecule has 0 atom stereocenters. The minimum Gasteiger partial charge on any atom is -0.342 e. The van der Waals surface area contributed by atoms with Crippen LogP contribution in [0.2, 0.25) is 10.0 Å². The third kappa shape index (κ3) is 5.27. The third-order valence-corrected chi connectivity index (χ3v) is 6.12. The molecule has 31 heavy (non-hydrogen) atoms. The SMILES string of the molecule is O=C(Nc1cccc(Cn2cccn2)c1)C(=O)NC1(Cc2ccc(Cl)cc2Cl)CCC1. The average Bonchev–Trinajstić information content (AvgIpc) is 3.21. The van der Waals surface area contributed by atoms with Gasteiger partial charge >= 0.3 is 11.8 Å². The molecule has 0 saturated heterocycles. The molecule has 1 fully saturated rings. The molecule has 0 unspecified atom stereocenters. The molecule has 1 aliphatic carbocycles. The zero-order chi connectivity index (χ0) is 21.8. The Labute approximate surface area is 190 Å². The van der Waals surface area contributed by atoms with Crippen molar-refractivity contribution in [3.8, 4) is 0 Å². The highest BCUT2D eigenvalue weighted by atomic mass is 35.5. The minimum absolute atomic E-state index is 0.464. The van der Waals surface area contributed by atoms with Gasteiger partial charge in [0, 0.05) is 33.7 Å². The summed E-state index contributed by atoms with van der Waals surface area (Å²) in [5.41, 5.74) is 1.97. The van der Waals surface area contributed by atoms with E-state index in [4.69, 9.17) is 23.2 Å². The first-order chi connectivity index (χ1) is 14.9. The summed E-state index contributed by atoms with van der Waals surface area (Å²) < 4.78 is 1.79. The van der Waals surface area contributed by atoms with Gasteiger partial charge in [0.05, 0.1) is 6.54 Å². The van der Waals surface area contributed by atoms with E-state index in [0.717, 1.165) is 30.4 Å². The number of aromatic nitrogens is 2. The van der Waals surface area contributed by atoms with Gasteiger partial charge in [-0.15, -0.1) is 0 Å². The maximum atomic E-state index is 12.6. The molecule has 6 nitrogen and oxygen atoms in total. The van der Waals surface area contributed by atoms with Crippen molar-refractivity contribution in [1.29, 1.82) is 0 Å². The van der Waals surface area contributed by atoms with Crippen molar-refractivity contribution < 1.29 is 9.59 Å². The number of carbonyl (C=O) groups is 2. The third-order valence-electron chi connectivity index (χ3n) is 5.53. The van der Waals surface area contributed by atoms with Crippen LogP contribution in [0.4, 0.5) is 5.69 Å². The number of halogens is 2. The number of nitrogens with zero attached hydrogens (tertiary/aromatic N) is 2. The van der Waals surface area contributed by atoms with Crippen LogP contribution >= 0.6 is 23.2 Å². The van der Waals surface area contributed by atoms with Crippen molar-refractivity contribution in [1.82, 2.24) is 15.1 Å². The molecule has 0 bridgehead atoms. The molecular weight excluding hydrogens is 435 g/mol. The number of anilines is 1. The molecule has 2 amide bonds. The van der Waals surface area contributed by atoms with Gasteiger partial charge in [0.1, 0.15) is 0 Å². The number of hydrogen-bond donors (Lipinski definition) is 2. The Kier molecular flexibility index (Phi) is 6.30. The lowest BCUT2D eigenvalue weighted by molar-refractivity contribution is -0.138. The Morgan fingerprint density at radius 3 is 2.58 bits per heavy atom. The molecule has 2 N–H and O–H groups in total. The first kappa shape index (κ1) is 21.4. The maximum Gasteiger partial charge on any atom is 0.313 e. The molecule has 2 aromatic carbocycles. The topological polar surface area (TPSA) is 76.0 Å². The molecule has 1 saturated carbocycles. The van der Waals surface area contributed by atoms with E-state index >= 15 is 0 Å². The standard InChI is InChI=1S/C23H22Cl2N4O2/c24-18-7-6-17(20(25)13-18)14-23(8-2-9-23)28-22(31)21(30)27-19-5-1-4-16(12-19)15-29-11-3-10-26-29/h1,3-7,10-13H,2,8-9,14-15H2,(H,27,30)(H,28,31).